The largest absolute Gasteiger partial charge is 0.496 e. The van der Waals surface area contributed by atoms with Crippen LogP contribution in [-0.2, 0) is 4.74 Å². The molecule has 0 bridgehead atoms. The highest BCUT2D eigenvalue weighted by Gasteiger charge is 2.44. The van der Waals surface area contributed by atoms with Crippen LogP contribution in [0.3, 0.4) is 0 Å². The summed E-state index contributed by atoms with van der Waals surface area (Å²) in [6, 6.07) is -0.0577. The predicted molar refractivity (Wildman–Crippen MR) is 63.0 cm³/mol. The zero-order valence-corrected chi connectivity index (χ0v) is 10.6. The molecule has 1 aliphatic carbocycles. The molecule has 18 heavy (non-hydrogen) atoms. The lowest BCUT2D eigenvalue weighted by Gasteiger charge is -2.35. The van der Waals surface area contributed by atoms with E-state index in [9.17, 15) is 13.2 Å². The molecule has 0 radical (unpaired) electrons. The summed E-state index contributed by atoms with van der Waals surface area (Å²) in [6.07, 6.45) is 0.800. The topological polar surface area (TPSA) is 21.3 Å². The van der Waals surface area contributed by atoms with Crippen molar-refractivity contribution in [3.8, 4) is 0 Å². The Labute approximate surface area is 106 Å². The van der Waals surface area contributed by atoms with Crippen molar-refractivity contribution in [2.75, 3.05) is 13.7 Å². The molecule has 2 nitrogen and oxygen atoms in total. The van der Waals surface area contributed by atoms with E-state index in [1.165, 1.54) is 0 Å². The van der Waals surface area contributed by atoms with Crippen molar-refractivity contribution >= 4 is 0 Å². The van der Waals surface area contributed by atoms with Gasteiger partial charge in [-0.15, -0.1) is 0 Å². The van der Waals surface area contributed by atoms with E-state index >= 15 is 0 Å². The Morgan fingerprint density at radius 2 is 2.17 bits per heavy atom. The Hall–Kier alpha value is -0.710. The van der Waals surface area contributed by atoms with Gasteiger partial charge in [0.2, 0.25) is 0 Å². The summed E-state index contributed by atoms with van der Waals surface area (Å²) in [6.45, 7) is 0.656. The molecule has 5 heteroatoms. The molecule has 1 aliphatic heterocycles. The normalized spacial score (nSPS) is 30.8. The maximum atomic E-state index is 12.8. The number of nitrogens with one attached hydrogen (secondary N) is 1. The van der Waals surface area contributed by atoms with Gasteiger partial charge in [0.1, 0.15) is 5.76 Å². The highest BCUT2D eigenvalue weighted by Crippen LogP contribution is 2.42. The Morgan fingerprint density at radius 1 is 1.39 bits per heavy atom. The van der Waals surface area contributed by atoms with Crippen molar-refractivity contribution in [2.45, 2.75) is 44.3 Å². The van der Waals surface area contributed by atoms with E-state index < -0.39 is 12.1 Å². The monoisotopic (exact) mass is 263 g/mol. The van der Waals surface area contributed by atoms with E-state index in [4.69, 9.17) is 4.74 Å². The van der Waals surface area contributed by atoms with Gasteiger partial charge in [-0.05, 0) is 38.3 Å². The van der Waals surface area contributed by atoms with Gasteiger partial charge >= 0.3 is 6.18 Å². The van der Waals surface area contributed by atoms with Gasteiger partial charge < -0.3 is 10.1 Å². The molecule has 3 atom stereocenters. The van der Waals surface area contributed by atoms with E-state index in [0.717, 1.165) is 18.6 Å². The van der Waals surface area contributed by atoms with Crippen LogP contribution in [0.15, 0.2) is 11.8 Å². The third-order valence-electron chi connectivity index (χ3n) is 4.00. The number of halogens is 3. The summed E-state index contributed by atoms with van der Waals surface area (Å²) < 4.78 is 43.9. The number of ether oxygens (including phenoxy) is 1. The third kappa shape index (κ3) is 2.99. The van der Waals surface area contributed by atoms with Crippen molar-refractivity contribution in [3.05, 3.63) is 11.8 Å². The van der Waals surface area contributed by atoms with Crippen LogP contribution >= 0.6 is 0 Å². The van der Waals surface area contributed by atoms with Crippen LogP contribution in [-0.4, -0.2) is 25.9 Å². The van der Waals surface area contributed by atoms with Crippen molar-refractivity contribution in [1.82, 2.24) is 5.32 Å². The van der Waals surface area contributed by atoms with Crippen molar-refractivity contribution in [1.29, 1.82) is 0 Å². The molecule has 1 saturated carbocycles. The van der Waals surface area contributed by atoms with Crippen molar-refractivity contribution in [3.63, 3.8) is 0 Å². The summed E-state index contributed by atoms with van der Waals surface area (Å²) in [5.74, 6) is -0.279. The first-order valence-electron chi connectivity index (χ1n) is 6.59. The first-order chi connectivity index (χ1) is 8.52. The number of hydrogen-bond donors (Lipinski definition) is 1. The summed E-state index contributed by atoms with van der Waals surface area (Å²) in [5.41, 5.74) is 0. The van der Waals surface area contributed by atoms with E-state index in [0.29, 0.717) is 13.0 Å². The molecule has 1 fully saturated rings. The van der Waals surface area contributed by atoms with Gasteiger partial charge in [0.25, 0.3) is 0 Å². The second-order valence-electron chi connectivity index (χ2n) is 5.18. The molecule has 0 spiro atoms. The molecule has 0 saturated heterocycles. The van der Waals surface area contributed by atoms with Gasteiger partial charge in [0, 0.05) is 6.42 Å². The Balaban J connectivity index is 2.02. The van der Waals surface area contributed by atoms with Crippen LogP contribution < -0.4 is 5.32 Å². The molecule has 0 aromatic carbocycles. The molecule has 1 heterocycles. The predicted octanol–water partition coefficient (Wildman–Crippen LogP) is 3.25. The van der Waals surface area contributed by atoms with E-state index in [-0.39, 0.29) is 24.8 Å². The fourth-order valence-corrected chi connectivity index (χ4v) is 3.09. The number of hydrogen-bond acceptors (Lipinski definition) is 2. The lowest BCUT2D eigenvalue weighted by atomic mass is 9.77. The standard InChI is InChI=1S/C13H20F3NO/c1-17-12(11-6-3-7-18-11)9-4-2-5-10(8-9)13(14,15)16/h6,9-10,12,17H,2-5,7-8H2,1H3. The van der Waals surface area contributed by atoms with Gasteiger partial charge in [-0.2, -0.15) is 13.2 Å². The Morgan fingerprint density at radius 3 is 2.72 bits per heavy atom. The second-order valence-corrected chi connectivity index (χ2v) is 5.18. The highest BCUT2D eigenvalue weighted by atomic mass is 19.4. The lowest BCUT2D eigenvalue weighted by molar-refractivity contribution is -0.186. The molecule has 0 aromatic rings. The van der Waals surface area contributed by atoms with E-state index in [1.807, 2.05) is 6.08 Å². The van der Waals surface area contributed by atoms with E-state index in [2.05, 4.69) is 5.32 Å². The quantitative estimate of drug-likeness (QED) is 0.844. The molecular weight excluding hydrogens is 243 g/mol. The molecule has 0 aromatic heterocycles. The number of alkyl halides is 3. The maximum Gasteiger partial charge on any atom is 0.391 e. The first kappa shape index (κ1) is 13.7. The van der Waals surface area contributed by atoms with Crippen LogP contribution in [0.1, 0.15) is 32.1 Å². The van der Waals surface area contributed by atoms with Gasteiger partial charge in [-0.3, -0.25) is 0 Å². The first-order valence-corrected chi connectivity index (χ1v) is 6.59. The summed E-state index contributed by atoms with van der Waals surface area (Å²) in [5, 5.41) is 3.13. The maximum absolute atomic E-state index is 12.8. The summed E-state index contributed by atoms with van der Waals surface area (Å²) in [4.78, 5) is 0. The van der Waals surface area contributed by atoms with Crippen molar-refractivity contribution < 1.29 is 17.9 Å². The number of likely N-dealkylation sites (N-methyl/N-ethyl adjacent to an activating group) is 1. The summed E-state index contributed by atoms with van der Waals surface area (Å²) in [7, 11) is 1.80. The van der Waals surface area contributed by atoms with Gasteiger partial charge in [-0.25, -0.2) is 0 Å². The third-order valence-corrected chi connectivity index (χ3v) is 4.00. The minimum atomic E-state index is -4.05. The Bertz CT molecular complexity index is 314. The molecule has 104 valence electrons. The van der Waals surface area contributed by atoms with Crippen LogP contribution in [0, 0.1) is 11.8 Å². The van der Waals surface area contributed by atoms with Crippen LogP contribution in [0.2, 0.25) is 0 Å². The molecule has 2 rings (SSSR count). The smallest absolute Gasteiger partial charge is 0.391 e. The van der Waals surface area contributed by atoms with Gasteiger partial charge in [-0.1, -0.05) is 6.42 Å². The van der Waals surface area contributed by atoms with Crippen LogP contribution in [0.5, 0.6) is 0 Å². The lowest BCUT2D eigenvalue weighted by Crippen LogP contribution is -2.40. The van der Waals surface area contributed by atoms with E-state index in [1.54, 1.807) is 7.05 Å². The Kier molecular flexibility index (Phi) is 4.20. The molecule has 0 amide bonds. The van der Waals surface area contributed by atoms with Crippen LogP contribution in [0.4, 0.5) is 13.2 Å². The minimum absolute atomic E-state index is 0.0275. The molecule has 3 unspecified atom stereocenters. The number of rotatable bonds is 3. The molecule has 1 N–H and O–H groups in total. The molecular formula is C13H20F3NO. The van der Waals surface area contributed by atoms with Crippen molar-refractivity contribution in [2.24, 2.45) is 11.8 Å². The highest BCUT2D eigenvalue weighted by molar-refractivity contribution is 5.09. The fraction of sp³-hybridized carbons (Fsp3) is 0.846. The van der Waals surface area contributed by atoms with Gasteiger partial charge in [0.15, 0.2) is 0 Å². The zero-order valence-electron chi connectivity index (χ0n) is 10.6. The average Bonchev–Trinajstić information content (AvgIpc) is 2.83. The fourth-order valence-electron chi connectivity index (χ4n) is 3.09. The average molecular weight is 263 g/mol. The summed E-state index contributed by atoms with van der Waals surface area (Å²) >= 11 is 0. The zero-order chi connectivity index (χ0) is 13.2. The SMILES string of the molecule is CNC(C1=CCCO1)C1CCCC(C(F)(F)F)C1. The van der Waals surface area contributed by atoms with Crippen LogP contribution in [0.25, 0.3) is 0 Å². The molecule has 2 aliphatic rings. The van der Waals surface area contributed by atoms with Gasteiger partial charge in [0.05, 0.1) is 18.6 Å². The second kappa shape index (κ2) is 5.51. The minimum Gasteiger partial charge on any atom is -0.496 e.